The minimum absolute atomic E-state index is 0.211. The lowest BCUT2D eigenvalue weighted by atomic mass is 10.1. The number of hydrogen-bond acceptors (Lipinski definition) is 2. The van der Waals surface area contributed by atoms with Gasteiger partial charge >= 0.3 is 0 Å². The Morgan fingerprint density at radius 3 is 2.64 bits per heavy atom. The van der Waals surface area contributed by atoms with Gasteiger partial charge in [0, 0.05) is 22.2 Å². The number of hydrogen-bond donors (Lipinski definition) is 0. The zero-order valence-electron chi connectivity index (χ0n) is 8.34. The van der Waals surface area contributed by atoms with E-state index in [0.717, 1.165) is 21.4 Å². The van der Waals surface area contributed by atoms with Gasteiger partial charge in [0.15, 0.2) is 5.78 Å². The normalized spacial score (nSPS) is 10.2. The summed E-state index contributed by atoms with van der Waals surface area (Å²) in [5, 5.41) is 0.797. The average molecular weight is 273 g/mol. The SMILES string of the molecule is CCC(=O)c1cc(CBr)cc(SC)c1. The molecule has 1 rings (SSSR count). The quantitative estimate of drug-likeness (QED) is 0.470. The number of carbonyl (C=O) groups excluding carboxylic acids is 1. The Bertz CT molecular complexity index is 314. The van der Waals surface area contributed by atoms with E-state index in [2.05, 4.69) is 22.0 Å². The molecule has 0 aromatic heterocycles. The van der Waals surface area contributed by atoms with Crippen LogP contribution in [0.15, 0.2) is 23.1 Å². The van der Waals surface area contributed by atoms with Crippen LogP contribution in [0.3, 0.4) is 0 Å². The van der Waals surface area contributed by atoms with Crippen molar-refractivity contribution in [1.82, 2.24) is 0 Å². The lowest BCUT2D eigenvalue weighted by Crippen LogP contribution is -1.97. The molecule has 0 spiro atoms. The van der Waals surface area contributed by atoms with Crippen molar-refractivity contribution in [3.63, 3.8) is 0 Å². The monoisotopic (exact) mass is 272 g/mol. The van der Waals surface area contributed by atoms with Gasteiger partial charge in [0.05, 0.1) is 0 Å². The zero-order chi connectivity index (χ0) is 10.6. The summed E-state index contributed by atoms with van der Waals surface area (Å²) in [7, 11) is 0. The molecule has 0 heterocycles. The molecule has 0 saturated carbocycles. The predicted octanol–water partition coefficient (Wildman–Crippen LogP) is 3.90. The van der Waals surface area contributed by atoms with Gasteiger partial charge < -0.3 is 0 Å². The number of Topliss-reactive ketones (excluding diaryl/α,β-unsaturated/α-hetero) is 1. The highest BCUT2D eigenvalue weighted by molar-refractivity contribution is 9.08. The molecule has 0 amide bonds. The third-order valence-electron chi connectivity index (χ3n) is 2.00. The number of alkyl halides is 1. The van der Waals surface area contributed by atoms with Gasteiger partial charge in [-0.2, -0.15) is 0 Å². The molecule has 0 saturated heterocycles. The van der Waals surface area contributed by atoms with Crippen molar-refractivity contribution < 1.29 is 4.79 Å². The fourth-order valence-electron chi connectivity index (χ4n) is 1.22. The van der Waals surface area contributed by atoms with Crippen LogP contribution in [0.5, 0.6) is 0 Å². The minimum Gasteiger partial charge on any atom is -0.294 e. The fraction of sp³-hybridized carbons (Fsp3) is 0.364. The van der Waals surface area contributed by atoms with Crippen LogP contribution < -0.4 is 0 Å². The fourth-order valence-corrected chi connectivity index (χ4v) is 2.06. The van der Waals surface area contributed by atoms with Crippen LogP contribution in [-0.4, -0.2) is 12.0 Å². The van der Waals surface area contributed by atoms with Gasteiger partial charge in [-0.15, -0.1) is 11.8 Å². The number of ketones is 1. The van der Waals surface area contributed by atoms with Crippen molar-refractivity contribution >= 4 is 33.5 Å². The molecule has 0 atom stereocenters. The molecule has 0 radical (unpaired) electrons. The molecule has 0 unspecified atom stereocenters. The van der Waals surface area contributed by atoms with Crippen LogP contribution in [0.1, 0.15) is 29.3 Å². The van der Waals surface area contributed by atoms with E-state index in [-0.39, 0.29) is 5.78 Å². The first-order valence-corrected chi connectivity index (χ1v) is 6.83. The summed E-state index contributed by atoms with van der Waals surface area (Å²) >= 11 is 5.07. The summed E-state index contributed by atoms with van der Waals surface area (Å²) in [6.07, 6.45) is 2.59. The lowest BCUT2D eigenvalue weighted by molar-refractivity contribution is 0.0988. The lowest BCUT2D eigenvalue weighted by Gasteiger charge is -2.04. The van der Waals surface area contributed by atoms with E-state index in [1.165, 1.54) is 0 Å². The molecule has 0 fully saturated rings. The Labute approximate surface area is 97.4 Å². The molecule has 3 heteroatoms. The molecular weight excluding hydrogens is 260 g/mol. The van der Waals surface area contributed by atoms with Crippen LogP contribution in [0.2, 0.25) is 0 Å². The first kappa shape index (κ1) is 11.8. The minimum atomic E-state index is 0.211. The second-order valence-electron chi connectivity index (χ2n) is 2.98. The van der Waals surface area contributed by atoms with Crippen LogP contribution in [0.4, 0.5) is 0 Å². The highest BCUT2D eigenvalue weighted by Gasteiger charge is 2.05. The summed E-state index contributed by atoms with van der Waals surface area (Å²) in [6, 6.07) is 6.02. The van der Waals surface area contributed by atoms with E-state index in [9.17, 15) is 4.79 Å². The topological polar surface area (TPSA) is 17.1 Å². The van der Waals surface area contributed by atoms with Crippen LogP contribution in [0, 0.1) is 0 Å². The van der Waals surface area contributed by atoms with Gasteiger partial charge in [-0.1, -0.05) is 22.9 Å². The molecule has 0 aliphatic heterocycles. The first-order chi connectivity index (χ1) is 6.71. The van der Waals surface area contributed by atoms with Crippen LogP contribution >= 0.6 is 27.7 Å². The van der Waals surface area contributed by atoms with E-state index < -0.39 is 0 Å². The highest BCUT2D eigenvalue weighted by atomic mass is 79.9. The molecule has 1 aromatic rings. The first-order valence-electron chi connectivity index (χ1n) is 4.48. The smallest absolute Gasteiger partial charge is 0.162 e. The van der Waals surface area contributed by atoms with Crippen LogP contribution in [0.25, 0.3) is 0 Å². The van der Waals surface area contributed by atoms with E-state index in [0.29, 0.717) is 6.42 Å². The van der Waals surface area contributed by atoms with Gasteiger partial charge in [0.2, 0.25) is 0 Å². The third-order valence-corrected chi connectivity index (χ3v) is 3.35. The molecule has 0 bridgehead atoms. The van der Waals surface area contributed by atoms with E-state index >= 15 is 0 Å². The number of halogens is 1. The third kappa shape index (κ3) is 2.85. The zero-order valence-corrected chi connectivity index (χ0v) is 10.7. The van der Waals surface area contributed by atoms with Gasteiger partial charge in [-0.3, -0.25) is 4.79 Å². The maximum atomic E-state index is 11.5. The van der Waals surface area contributed by atoms with Crippen LogP contribution in [-0.2, 0) is 5.33 Å². The summed E-state index contributed by atoms with van der Waals surface area (Å²) in [5.74, 6) is 0.211. The number of benzene rings is 1. The van der Waals surface area contributed by atoms with Gasteiger partial charge in [0.1, 0.15) is 0 Å². The molecule has 0 aliphatic carbocycles. The second-order valence-corrected chi connectivity index (χ2v) is 4.42. The maximum Gasteiger partial charge on any atom is 0.162 e. The predicted molar refractivity (Wildman–Crippen MR) is 65.5 cm³/mol. The number of thioether (sulfide) groups is 1. The molecule has 14 heavy (non-hydrogen) atoms. The molecule has 76 valence electrons. The van der Waals surface area contributed by atoms with Crippen molar-refractivity contribution in [3.8, 4) is 0 Å². The average Bonchev–Trinajstić information content (AvgIpc) is 2.27. The summed E-state index contributed by atoms with van der Waals surface area (Å²) in [5.41, 5.74) is 1.99. The summed E-state index contributed by atoms with van der Waals surface area (Å²) in [4.78, 5) is 12.7. The highest BCUT2D eigenvalue weighted by Crippen LogP contribution is 2.21. The molecule has 1 nitrogen and oxygen atoms in total. The molecule has 0 N–H and O–H groups in total. The van der Waals surface area contributed by atoms with Crippen molar-refractivity contribution in [2.75, 3.05) is 6.26 Å². The molecular formula is C11H13BrOS. The Hall–Kier alpha value is -0.280. The van der Waals surface area contributed by atoms with E-state index in [1.54, 1.807) is 11.8 Å². The van der Waals surface area contributed by atoms with Crippen molar-refractivity contribution in [3.05, 3.63) is 29.3 Å². The van der Waals surface area contributed by atoms with Crippen molar-refractivity contribution in [1.29, 1.82) is 0 Å². The Kier molecular flexibility index (Phi) is 4.69. The standard InChI is InChI=1S/C11H13BrOS/c1-3-11(13)9-4-8(7-12)5-10(6-9)14-2/h4-6H,3,7H2,1-2H3. The van der Waals surface area contributed by atoms with Gasteiger partial charge in [-0.25, -0.2) is 0 Å². The van der Waals surface area contributed by atoms with E-state index in [1.807, 2.05) is 25.3 Å². The molecule has 0 aliphatic rings. The van der Waals surface area contributed by atoms with E-state index in [4.69, 9.17) is 0 Å². The number of carbonyl (C=O) groups is 1. The second kappa shape index (κ2) is 5.56. The van der Waals surface area contributed by atoms with Crippen molar-refractivity contribution in [2.45, 2.75) is 23.6 Å². The Morgan fingerprint density at radius 1 is 1.43 bits per heavy atom. The van der Waals surface area contributed by atoms with Crippen molar-refractivity contribution in [2.24, 2.45) is 0 Å². The molecule has 1 aromatic carbocycles. The maximum absolute atomic E-state index is 11.5. The largest absolute Gasteiger partial charge is 0.294 e. The number of rotatable bonds is 4. The van der Waals surface area contributed by atoms with Gasteiger partial charge in [0.25, 0.3) is 0 Å². The summed E-state index contributed by atoms with van der Waals surface area (Å²) < 4.78 is 0. The summed E-state index contributed by atoms with van der Waals surface area (Å²) in [6.45, 7) is 1.89. The van der Waals surface area contributed by atoms with Gasteiger partial charge in [-0.05, 0) is 30.0 Å². The Morgan fingerprint density at radius 2 is 2.14 bits per heavy atom. The Balaban J connectivity index is 3.10.